The molecule has 0 heterocycles. The Kier molecular flexibility index (Phi) is 6.74. The molecule has 0 bridgehead atoms. The number of alkyl halides is 6. The molecule has 0 aliphatic carbocycles. The zero-order chi connectivity index (χ0) is 21.7. The highest BCUT2D eigenvalue weighted by atomic mass is 19.4. The van der Waals surface area contributed by atoms with Gasteiger partial charge in [0, 0.05) is 11.3 Å². The first-order valence-electron chi connectivity index (χ1n) is 8.14. The molecule has 0 radical (unpaired) electrons. The molecule has 0 spiro atoms. The van der Waals surface area contributed by atoms with Crippen LogP contribution >= 0.6 is 0 Å². The van der Waals surface area contributed by atoms with E-state index in [9.17, 15) is 31.1 Å². The molecular formula is C19H14F6N2O2. The first-order valence-corrected chi connectivity index (χ1v) is 8.14. The van der Waals surface area contributed by atoms with Crippen molar-refractivity contribution in [2.75, 3.05) is 24.6 Å². The third-order valence-electron chi connectivity index (χ3n) is 3.81. The lowest BCUT2D eigenvalue weighted by molar-refractivity contribution is -0.137. The molecule has 154 valence electrons. The zero-order valence-corrected chi connectivity index (χ0v) is 14.7. The molecule has 0 aliphatic rings. The van der Waals surface area contributed by atoms with Crippen LogP contribution in [0.15, 0.2) is 42.5 Å². The van der Waals surface area contributed by atoms with Gasteiger partial charge in [-0.25, -0.2) is 0 Å². The highest BCUT2D eigenvalue weighted by Crippen LogP contribution is 2.35. The van der Waals surface area contributed by atoms with Gasteiger partial charge in [-0.15, -0.1) is 0 Å². The summed E-state index contributed by atoms with van der Waals surface area (Å²) in [5.41, 5.74) is -1.95. The molecule has 2 aromatic rings. The molecule has 0 atom stereocenters. The fraction of sp³-hybridized carbons (Fsp3) is 0.263. The summed E-state index contributed by atoms with van der Waals surface area (Å²) in [7, 11) is 0. The van der Waals surface area contributed by atoms with Crippen molar-refractivity contribution in [1.29, 1.82) is 5.26 Å². The lowest BCUT2D eigenvalue weighted by Gasteiger charge is -2.27. The summed E-state index contributed by atoms with van der Waals surface area (Å²) >= 11 is 0. The second-order valence-corrected chi connectivity index (χ2v) is 5.91. The Morgan fingerprint density at radius 1 is 1.03 bits per heavy atom. The standard InChI is InChI=1S/C19H14F6N2O2/c20-18(21,22)12-27(7-8-29-16-5-1-13(11-28)2-6-16)15-4-3-14(10-26)17(9-15)19(23,24)25/h1-6,9,11H,7-8,12H2. The SMILES string of the molecule is N#Cc1ccc(N(CCOc2ccc(C=O)cc2)CC(F)(F)F)cc1C(F)(F)F. The summed E-state index contributed by atoms with van der Waals surface area (Å²) in [6.45, 7) is -2.11. The number of aldehydes is 1. The van der Waals surface area contributed by atoms with Crippen LogP contribution in [0, 0.1) is 11.3 Å². The maximum absolute atomic E-state index is 13.1. The fourth-order valence-electron chi connectivity index (χ4n) is 2.49. The van der Waals surface area contributed by atoms with E-state index in [4.69, 9.17) is 10.00 Å². The molecule has 0 aromatic heterocycles. The number of benzene rings is 2. The first-order chi connectivity index (χ1) is 13.5. The van der Waals surface area contributed by atoms with Gasteiger partial charge in [0.15, 0.2) is 0 Å². The van der Waals surface area contributed by atoms with E-state index in [-0.39, 0.29) is 18.8 Å². The van der Waals surface area contributed by atoms with Gasteiger partial charge in [-0.2, -0.15) is 31.6 Å². The molecule has 0 saturated heterocycles. The number of halogens is 6. The van der Waals surface area contributed by atoms with Crippen molar-refractivity contribution in [3.8, 4) is 11.8 Å². The highest BCUT2D eigenvalue weighted by molar-refractivity contribution is 5.74. The average molecular weight is 416 g/mol. The summed E-state index contributed by atoms with van der Waals surface area (Å²) in [5.74, 6) is 0.290. The van der Waals surface area contributed by atoms with E-state index >= 15 is 0 Å². The van der Waals surface area contributed by atoms with Gasteiger partial charge in [-0.3, -0.25) is 4.79 Å². The van der Waals surface area contributed by atoms with Crippen molar-refractivity contribution in [3.63, 3.8) is 0 Å². The Balaban J connectivity index is 2.21. The van der Waals surface area contributed by atoms with E-state index < -0.39 is 30.0 Å². The Labute approximate surface area is 161 Å². The van der Waals surface area contributed by atoms with Crippen molar-refractivity contribution in [2.45, 2.75) is 12.4 Å². The minimum atomic E-state index is -4.89. The molecule has 4 nitrogen and oxygen atoms in total. The van der Waals surface area contributed by atoms with E-state index in [2.05, 4.69) is 0 Å². The number of hydrogen-bond donors (Lipinski definition) is 0. The van der Waals surface area contributed by atoms with Gasteiger partial charge in [0.05, 0.1) is 23.7 Å². The Morgan fingerprint density at radius 3 is 2.21 bits per heavy atom. The first kappa shape index (κ1) is 22.1. The Hall–Kier alpha value is -3.22. The third-order valence-corrected chi connectivity index (χ3v) is 3.81. The van der Waals surface area contributed by atoms with Crippen LogP contribution in [0.2, 0.25) is 0 Å². The second kappa shape index (κ2) is 8.86. The number of carbonyl (C=O) groups excluding carboxylic acids is 1. The van der Waals surface area contributed by atoms with Gasteiger partial charge in [0.2, 0.25) is 0 Å². The smallest absolute Gasteiger partial charge is 0.417 e. The summed E-state index contributed by atoms with van der Waals surface area (Å²) in [6, 6.07) is 9.55. The minimum Gasteiger partial charge on any atom is -0.492 e. The van der Waals surface area contributed by atoms with Gasteiger partial charge >= 0.3 is 12.4 Å². The van der Waals surface area contributed by atoms with Crippen LogP contribution in [0.25, 0.3) is 0 Å². The number of carbonyl (C=O) groups is 1. The second-order valence-electron chi connectivity index (χ2n) is 5.91. The monoisotopic (exact) mass is 416 g/mol. The summed E-state index contributed by atoms with van der Waals surface area (Å²) in [4.78, 5) is 11.3. The molecule has 2 aromatic carbocycles. The molecular weight excluding hydrogens is 402 g/mol. The normalized spacial score (nSPS) is 11.6. The van der Waals surface area contributed by atoms with E-state index in [0.29, 0.717) is 28.6 Å². The third kappa shape index (κ3) is 6.41. The number of anilines is 1. The van der Waals surface area contributed by atoms with E-state index in [0.717, 1.165) is 12.1 Å². The van der Waals surface area contributed by atoms with Crippen LogP contribution < -0.4 is 9.64 Å². The number of hydrogen-bond acceptors (Lipinski definition) is 4. The molecule has 29 heavy (non-hydrogen) atoms. The summed E-state index contributed by atoms with van der Waals surface area (Å²) in [5, 5.41) is 8.82. The molecule has 10 heteroatoms. The van der Waals surface area contributed by atoms with Crippen molar-refractivity contribution in [1.82, 2.24) is 0 Å². The van der Waals surface area contributed by atoms with Crippen molar-refractivity contribution < 1.29 is 35.9 Å². The van der Waals surface area contributed by atoms with Crippen molar-refractivity contribution in [3.05, 3.63) is 59.2 Å². The fourth-order valence-corrected chi connectivity index (χ4v) is 2.49. The number of nitriles is 1. The lowest BCUT2D eigenvalue weighted by atomic mass is 10.1. The lowest BCUT2D eigenvalue weighted by Crippen LogP contribution is -2.37. The topological polar surface area (TPSA) is 53.3 Å². The highest BCUT2D eigenvalue weighted by Gasteiger charge is 2.36. The average Bonchev–Trinajstić information content (AvgIpc) is 2.65. The Bertz CT molecular complexity index is 886. The molecule has 0 N–H and O–H groups in total. The predicted octanol–water partition coefficient (Wildman–Crippen LogP) is 4.84. The molecule has 0 aliphatic heterocycles. The van der Waals surface area contributed by atoms with Crippen LogP contribution in [0.4, 0.5) is 32.0 Å². The maximum atomic E-state index is 13.1. The van der Waals surface area contributed by atoms with Gasteiger partial charge in [0.1, 0.15) is 25.2 Å². The summed E-state index contributed by atoms with van der Waals surface area (Å²) in [6.07, 6.45) is -8.95. The quantitative estimate of drug-likeness (QED) is 0.479. The zero-order valence-electron chi connectivity index (χ0n) is 14.7. The van der Waals surface area contributed by atoms with Gasteiger partial charge in [-0.1, -0.05) is 0 Å². The summed E-state index contributed by atoms with van der Waals surface area (Å²) < 4.78 is 83.4. The van der Waals surface area contributed by atoms with Crippen LogP contribution in [0.3, 0.4) is 0 Å². The number of nitrogens with zero attached hydrogens (tertiary/aromatic N) is 2. The molecule has 0 fully saturated rings. The van der Waals surface area contributed by atoms with Gasteiger partial charge < -0.3 is 9.64 Å². The largest absolute Gasteiger partial charge is 0.492 e. The minimum absolute atomic E-state index is 0.252. The number of rotatable bonds is 7. The van der Waals surface area contributed by atoms with Crippen LogP contribution in [0.5, 0.6) is 5.75 Å². The molecule has 0 amide bonds. The number of ether oxygens (including phenoxy) is 1. The van der Waals surface area contributed by atoms with E-state index in [1.54, 1.807) is 0 Å². The van der Waals surface area contributed by atoms with Crippen LogP contribution in [0.1, 0.15) is 21.5 Å². The predicted molar refractivity (Wildman–Crippen MR) is 91.8 cm³/mol. The Morgan fingerprint density at radius 2 is 1.69 bits per heavy atom. The van der Waals surface area contributed by atoms with Gasteiger partial charge in [0.25, 0.3) is 0 Å². The molecule has 0 saturated carbocycles. The van der Waals surface area contributed by atoms with Crippen molar-refractivity contribution in [2.24, 2.45) is 0 Å². The van der Waals surface area contributed by atoms with Crippen molar-refractivity contribution >= 4 is 12.0 Å². The van der Waals surface area contributed by atoms with Gasteiger partial charge in [-0.05, 0) is 42.5 Å². The maximum Gasteiger partial charge on any atom is 0.417 e. The van der Waals surface area contributed by atoms with Crippen LogP contribution in [-0.2, 0) is 6.18 Å². The van der Waals surface area contributed by atoms with E-state index in [1.165, 1.54) is 30.3 Å². The van der Waals surface area contributed by atoms with Crippen LogP contribution in [-0.4, -0.2) is 32.2 Å². The molecule has 0 unspecified atom stereocenters. The molecule has 2 rings (SSSR count). The van der Waals surface area contributed by atoms with E-state index in [1.807, 2.05) is 0 Å².